The third-order valence-electron chi connectivity index (χ3n) is 5.55. The van der Waals surface area contributed by atoms with Crippen LogP contribution >= 0.6 is 0 Å². The van der Waals surface area contributed by atoms with Gasteiger partial charge in [-0.2, -0.15) is 5.10 Å². The SMILES string of the molecule is CN(C(=O)CN[C@H]1CCc2ncnn2C1)[C@H]1CCCc2ccccc21. The zero-order valence-corrected chi connectivity index (χ0v) is 14.7. The number of rotatable bonds is 4. The average Bonchev–Trinajstić information content (AvgIpc) is 3.13. The molecular formula is C19H25N5O. The van der Waals surface area contributed by atoms with E-state index in [4.69, 9.17) is 0 Å². The number of nitrogens with zero attached hydrogens (tertiary/aromatic N) is 4. The Labute approximate surface area is 148 Å². The van der Waals surface area contributed by atoms with Gasteiger partial charge in [-0.15, -0.1) is 0 Å². The Balaban J connectivity index is 1.36. The van der Waals surface area contributed by atoms with Crippen molar-refractivity contribution in [1.29, 1.82) is 0 Å². The van der Waals surface area contributed by atoms with Crippen LogP contribution in [0.3, 0.4) is 0 Å². The lowest BCUT2D eigenvalue weighted by molar-refractivity contribution is -0.131. The van der Waals surface area contributed by atoms with Crippen LogP contribution in [0.1, 0.15) is 42.3 Å². The number of carbonyl (C=O) groups excluding carboxylic acids is 1. The second-order valence-electron chi connectivity index (χ2n) is 7.09. The number of hydrogen-bond donors (Lipinski definition) is 1. The molecule has 4 rings (SSSR count). The van der Waals surface area contributed by atoms with Crippen LogP contribution < -0.4 is 5.32 Å². The van der Waals surface area contributed by atoms with Crippen LogP contribution in [0.2, 0.25) is 0 Å². The summed E-state index contributed by atoms with van der Waals surface area (Å²) in [6, 6.07) is 9.01. The van der Waals surface area contributed by atoms with Gasteiger partial charge in [0, 0.05) is 19.5 Å². The van der Waals surface area contributed by atoms with Crippen molar-refractivity contribution >= 4 is 5.91 Å². The number of amides is 1. The number of nitrogens with one attached hydrogen (secondary N) is 1. The molecular weight excluding hydrogens is 314 g/mol. The lowest BCUT2D eigenvalue weighted by Gasteiger charge is -2.34. The van der Waals surface area contributed by atoms with Crippen LogP contribution in [0.25, 0.3) is 0 Å². The molecule has 2 atom stereocenters. The van der Waals surface area contributed by atoms with Gasteiger partial charge in [0.1, 0.15) is 12.2 Å². The van der Waals surface area contributed by atoms with Gasteiger partial charge >= 0.3 is 0 Å². The van der Waals surface area contributed by atoms with Crippen LogP contribution in [0.15, 0.2) is 30.6 Å². The minimum absolute atomic E-state index is 0.158. The predicted octanol–water partition coefficient (Wildman–Crippen LogP) is 1.72. The molecule has 1 aliphatic heterocycles. The summed E-state index contributed by atoms with van der Waals surface area (Å²) in [7, 11) is 1.94. The van der Waals surface area contributed by atoms with Crippen molar-refractivity contribution in [2.24, 2.45) is 0 Å². The summed E-state index contributed by atoms with van der Waals surface area (Å²) in [6.07, 6.45) is 6.83. The molecule has 6 heteroatoms. The minimum atomic E-state index is 0.158. The van der Waals surface area contributed by atoms with E-state index in [9.17, 15) is 4.79 Å². The van der Waals surface area contributed by atoms with E-state index in [1.54, 1.807) is 6.33 Å². The van der Waals surface area contributed by atoms with Crippen molar-refractivity contribution in [3.63, 3.8) is 0 Å². The van der Waals surface area contributed by atoms with Crippen LogP contribution in [0.4, 0.5) is 0 Å². The topological polar surface area (TPSA) is 63.1 Å². The highest BCUT2D eigenvalue weighted by molar-refractivity contribution is 5.78. The van der Waals surface area contributed by atoms with Crippen molar-refractivity contribution < 1.29 is 4.79 Å². The maximum Gasteiger partial charge on any atom is 0.236 e. The molecule has 1 aromatic heterocycles. The number of fused-ring (bicyclic) bond motifs is 2. The average molecular weight is 339 g/mol. The maximum atomic E-state index is 12.7. The first kappa shape index (κ1) is 16.3. The van der Waals surface area contributed by atoms with E-state index in [-0.39, 0.29) is 18.0 Å². The van der Waals surface area contributed by atoms with Gasteiger partial charge < -0.3 is 10.2 Å². The fourth-order valence-corrected chi connectivity index (χ4v) is 4.06. The molecule has 2 aliphatic rings. The van der Waals surface area contributed by atoms with Crippen molar-refractivity contribution in [1.82, 2.24) is 25.0 Å². The quantitative estimate of drug-likeness (QED) is 0.921. The lowest BCUT2D eigenvalue weighted by atomic mass is 9.87. The molecule has 1 aliphatic carbocycles. The maximum absolute atomic E-state index is 12.7. The molecule has 1 N–H and O–H groups in total. The molecule has 0 spiro atoms. The highest BCUT2D eigenvalue weighted by Crippen LogP contribution is 2.33. The van der Waals surface area contributed by atoms with Crippen LogP contribution in [-0.4, -0.2) is 45.2 Å². The Bertz CT molecular complexity index is 756. The Kier molecular flexibility index (Phi) is 4.53. The highest BCUT2D eigenvalue weighted by Gasteiger charge is 2.27. The standard InChI is InChI=1S/C19H25N5O/c1-23(17-8-4-6-14-5-2-3-7-16(14)17)19(25)11-20-15-9-10-18-21-13-22-24(18)12-15/h2-3,5,7,13,15,17,20H,4,6,8-12H2,1H3/t15-,17-/m0/s1. The number of carbonyl (C=O) groups is 1. The second kappa shape index (κ2) is 6.96. The molecule has 1 aromatic carbocycles. The molecule has 0 unspecified atom stereocenters. The number of aromatic nitrogens is 3. The van der Waals surface area contributed by atoms with E-state index < -0.39 is 0 Å². The van der Waals surface area contributed by atoms with Gasteiger partial charge in [-0.3, -0.25) is 4.79 Å². The summed E-state index contributed by atoms with van der Waals surface area (Å²) < 4.78 is 1.94. The summed E-state index contributed by atoms with van der Waals surface area (Å²) in [5, 5.41) is 7.65. The predicted molar refractivity (Wildman–Crippen MR) is 95.0 cm³/mol. The smallest absolute Gasteiger partial charge is 0.236 e. The molecule has 1 amide bonds. The number of benzene rings is 1. The summed E-state index contributed by atoms with van der Waals surface area (Å²) in [6.45, 7) is 1.17. The van der Waals surface area contributed by atoms with Crippen molar-refractivity contribution in [2.45, 2.75) is 50.7 Å². The van der Waals surface area contributed by atoms with E-state index in [1.165, 1.54) is 11.1 Å². The van der Waals surface area contributed by atoms with Gasteiger partial charge in [0.15, 0.2) is 0 Å². The molecule has 2 aromatic rings. The Morgan fingerprint density at radius 3 is 3.12 bits per heavy atom. The number of likely N-dealkylation sites (N-methyl/N-ethyl adjacent to an activating group) is 1. The van der Waals surface area contributed by atoms with Gasteiger partial charge in [-0.25, -0.2) is 9.67 Å². The first-order chi connectivity index (χ1) is 12.2. The normalized spacial score (nSPS) is 22.1. The van der Waals surface area contributed by atoms with Gasteiger partial charge in [0.2, 0.25) is 5.91 Å². The van der Waals surface area contributed by atoms with Crippen molar-refractivity contribution in [3.8, 4) is 0 Å². The van der Waals surface area contributed by atoms with Crippen LogP contribution in [-0.2, 0) is 24.2 Å². The zero-order valence-electron chi connectivity index (χ0n) is 14.7. The molecule has 132 valence electrons. The van der Waals surface area contributed by atoms with Gasteiger partial charge in [0.05, 0.1) is 19.1 Å². The molecule has 25 heavy (non-hydrogen) atoms. The second-order valence-corrected chi connectivity index (χ2v) is 7.09. The minimum Gasteiger partial charge on any atom is -0.338 e. The Hall–Kier alpha value is -2.21. The third kappa shape index (κ3) is 3.31. The monoisotopic (exact) mass is 339 g/mol. The zero-order chi connectivity index (χ0) is 17.2. The van der Waals surface area contributed by atoms with Crippen LogP contribution in [0.5, 0.6) is 0 Å². The molecule has 2 heterocycles. The van der Waals surface area contributed by atoms with E-state index in [1.807, 2.05) is 16.6 Å². The first-order valence-electron chi connectivity index (χ1n) is 9.16. The highest BCUT2D eigenvalue weighted by atomic mass is 16.2. The van der Waals surface area contributed by atoms with Gasteiger partial charge in [-0.1, -0.05) is 24.3 Å². The van der Waals surface area contributed by atoms with Crippen molar-refractivity contribution in [3.05, 3.63) is 47.5 Å². The van der Waals surface area contributed by atoms with E-state index in [2.05, 4.69) is 39.7 Å². The molecule has 0 bridgehead atoms. The third-order valence-corrected chi connectivity index (χ3v) is 5.55. The lowest BCUT2D eigenvalue weighted by Crippen LogP contribution is -2.45. The fourth-order valence-electron chi connectivity index (χ4n) is 4.06. The first-order valence-corrected chi connectivity index (χ1v) is 9.16. The van der Waals surface area contributed by atoms with E-state index in [0.29, 0.717) is 6.54 Å². The molecule has 0 fully saturated rings. The largest absolute Gasteiger partial charge is 0.338 e. The molecule has 6 nitrogen and oxygen atoms in total. The molecule has 0 radical (unpaired) electrons. The summed E-state index contributed by atoms with van der Waals surface area (Å²) in [5.41, 5.74) is 2.70. The number of aryl methyl sites for hydroxylation is 2. The summed E-state index contributed by atoms with van der Waals surface area (Å²) >= 11 is 0. The summed E-state index contributed by atoms with van der Waals surface area (Å²) in [5.74, 6) is 1.20. The summed E-state index contributed by atoms with van der Waals surface area (Å²) in [4.78, 5) is 18.9. The fraction of sp³-hybridized carbons (Fsp3) is 0.526. The number of hydrogen-bond acceptors (Lipinski definition) is 4. The van der Waals surface area contributed by atoms with E-state index >= 15 is 0 Å². The molecule has 0 saturated heterocycles. The van der Waals surface area contributed by atoms with Crippen LogP contribution in [0, 0.1) is 0 Å². The Morgan fingerprint density at radius 1 is 1.32 bits per heavy atom. The van der Waals surface area contributed by atoms with Gasteiger partial charge in [0.25, 0.3) is 0 Å². The van der Waals surface area contributed by atoms with E-state index in [0.717, 1.165) is 44.5 Å². The molecule has 0 saturated carbocycles. The van der Waals surface area contributed by atoms with Crippen molar-refractivity contribution in [2.75, 3.05) is 13.6 Å². The van der Waals surface area contributed by atoms with Gasteiger partial charge in [-0.05, 0) is 36.8 Å². The Morgan fingerprint density at radius 2 is 2.20 bits per heavy atom.